The molecule has 2 aromatic rings. The minimum Gasteiger partial charge on any atom is -0.495 e. The molecule has 20 heavy (non-hydrogen) atoms. The molecule has 0 bridgehead atoms. The predicted molar refractivity (Wildman–Crippen MR) is 80.2 cm³/mol. The molecule has 0 fully saturated rings. The van der Waals surface area contributed by atoms with Crippen LogP contribution in [-0.4, -0.2) is 13.1 Å². The van der Waals surface area contributed by atoms with Crippen LogP contribution in [0.25, 0.3) is 0 Å². The smallest absolute Gasteiger partial charge is 0.338 e. The van der Waals surface area contributed by atoms with E-state index in [2.05, 4.69) is 0 Å². The molecule has 0 amide bonds. The highest BCUT2D eigenvalue weighted by Crippen LogP contribution is 2.22. The number of ether oxygens (including phenoxy) is 2. The van der Waals surface area contributed by atoms with Crippen molar-refractivity contribution < 1.29 is 14.3 Å². The highest BCUT2D eigenvalue weighted by molar-refractivity contribution is 5.90. The highest BCUT2D eigenvalue weighted by atomic mass is 35.5. The van der Waals surface area contributed by atoms with Crippen molar-refractivity contribution in [3.8, 4) is 5.75 Å². The van der Waals surface area contributed by atoms with Crippen LogP contribution in [0.5, 0.6) is 5.75 Å². The first kappa shape index (κ1) is 15.9. The van der Waals surface area contributed by atoms with Crippen molar-refractivity contribution in [3.05, 3.63) is 59.7 Å². The summed E-state index contributed by atoms with van der Waals surface area (Å²) in [5, 5.41) is 0. The Balaban J connectivity index is 0.00000200. The van der Waals surface area contributed by atoms with Gasteiger partial charge in [-0.15, -0.1) is 12.4 Å². The Morgan fingerprint density at radius 1 is 1.15 bits per heavy atom. The Labute approximate surface area is 123 Å². The molecule has 0 atom stereocenters. The zero-order valence-electron chi connectivity index (χ0n) is 11.0. The topological polar surface area (TPSA) is 61.5 Å². The quantitative estimate of drug-likeness (QED) is 0.695. The Hall–Kier alpha value is -2.20. The maximum atomic E-state index is 11.9. The molecule has 0 unspecified atom stereocenters. The third-order valence-electron chi connectivity index (χ3n) is 2.68. The van der Waals surface area contributed by atoms with E-state index < -0.39 is 5.97 Å². The monoisotopic (exact) mass is 293 g/mol. The molecule has 0 saturated heterocycles. The third-order valence-corrected chi connectivity index (χ3v) is 2.68. The van der Waals surface area contributed by atoms with Crippen LogP contribution < -0.4 is 10.5 Å². The van der Waals surface area contributed by atoms with Crippen molar-refractivity contribution in [1.82, 2.24) is 0 Å². The van der Waals surface area contributed by atoms with Gasteiger partial charge < -0.3 is 15.2 Å². The zero-order valence-corrected chi connectivity index (χ0v) is 11.9. The van der Waals surface area contributed by atoms with Crippen molar-refractivity contribution in [2.45, 2.75) is 6.61 Å². The number of anilines is 1. The molecule has 0 aliphatic heterocycles. The fourth-order valence-corrected chi connectivity index (χ4v) is 1.64. The molecule has 0 aliphatic rings. The number of hydrogen-bond donors (Lipinski definition) is 1. The summed E-state index contributed by atoms with van der Waals surface area (Å²) in [6, 6.07) is 14.3. The SMILES string of the molecule is COc1cc(C(=O)OCc2ccccc2)ccc1N.Cl. The summed E-state index contributed by atoms with van der Waals surface area (Å²) in [4.78, 5) is 11.9. The molecule has 5 heteroatoms. The van der Waals surface area contributed by atoms with Crippen LogP contribution in [0.1, 0.15) is 15.9 Å². The number of nitrogen functional groups attached to an aromatic ring is 1. The number of carbonyl (C=O) groups is 1. The molecule has 0 aliphatic carbocycles. The molecule has 0 saturated carbocycles. The van der Waals surface area contributed by atoms with Gasteiger partial charge in [-0.25, -0.2) is 4.79 Å². The second kappa shape index (κ2) is 7.40. The number of hydrogen-bond acceptors (Lipinski definition) is 4. The minimum absolute atomic E-state index is 0. The fraction of sp³-hybridized carbons (Fsp3) is 0.133. The predicted octanol–water partition coefficient (Wildman–Crippen LogP) is 3.06. The number of carbonyl (C=O) groups excluding carboxylic acids is 1. The van der Waals surface area contributed by atoms with Crippen LogP contribution in [0.4, 0.5) is 5.69 Å². The van der Waals surface area contributed by atoms with E-state index in [1.807, 2.05) is 30.3 Å². The average molecular weight is 294 g/mol. The number of methoxy groups -OCH3 is 1. The Kier molecular flexibility index (Phi) is 5.87. The number of nitrogens with two attached hydrogens (primary N) is 1. The molecule has 4 nitrogen and oxygen atoms in total. The van der Waals surface area contributed by atoms with E-state index in [4.69, 9.17) is 15.2 Å². The zero-order chi connectivity index (χ0) is 13.7. The van der Waals surface area contributed by atoms with Gasteiger partial charge in [-0.1, -0.05) is 30.3 Å². The molecule has 106 valence electrons. The molecular weight excluding hydrogens is 278 g/mol. The third kappa shape index (κ3) is 3.90. The van der Waals surface area contributed by atoms with E-state index in [9.17, 15) is 4.79 Å². The lowest BCUT2D eigenvalue weighted by molar-refractivity contribution is 0.0472. The van der Waals surface area contributed by atoms with Gasteiger partial charge in [0.1, 0.15) is 12.4 Å². The summed E-state index contributed by atoms with van der Waals surface area (Å²) in [5.41, 5.74) is 7.54. The summed E-state index contributed by atoms with van der Waals surface area (Å²) >= 11 is 0. The molecular formula is C15H16ClNO3. The van der Waals surface area contributed by atoms with Crippen LogP contribution in [0, 0.1) is 0 Å². The number of rotatable bonds is 4. The van der Waals surface area contributed by atoms with Gasteiger partial charge in [-0.05, 0) is 23.8 Å². The lowest BCUT2D eigenvalue weighted by Gasteiger charge is -2.08. The van der Waals surface area contributed by atoms with Gasteiger partial charge in [0.2, 0.25) is 0 Å². The average Bonchev–Trinajstić information content (AvgIpc) is 2.46. The number of halogens is 1. The first-order valence-corrected chi connectivity index (χ1v) is 5.85. The van der Waals surface area contributed by atoms with Crippen molar-refractivity contribution in [1.29, 1.82) is 0 Å². The Morgan fingerprint density at radius 2 is 1.85 bits per heavy atom. The largest absolute Gasteiger partial charge is 0.495 e. The van der Waals surface area contributed by atoms with Crippen molar-refractivity contribution in [3.63, 3.8) is 0 Å². The maximum Gasteiger partial charge on any atom is 0.338 e. The van der Waals surface area contributed by atoms with Crippen LogP contribution in [-0.2, 0) is 11.3 Å². The van der Waals surface area contributed by atoms with Crippen LogP contribution in [0.2, 0.25) is 0 Å². The first-order chi connectivity index (χ1) is 9.20. The summed E-state index contributed by atoms with van der Waals surface area (Å²) in [7, 11) is 1.50. The molecule has 2 N–H and O–H groups in total. The lowest BCUT2D eigenvalue weighted by atomic mass is 10.2. The normalized spacial score (nSPS) is 9.45. The number of esters is 1. The van der Waals surface area contributed by atoms with E-state index in [1.165, 1.54) is 7.11 Å². The van der Waals surface area contributed by atoms with Gasteiger partial charge in [0.25, 0.3) is 0 Å². The summed E-state index contributed by atoms with van der Waals surface area (Å²) in [6.07, 6.45) is 0. The van der Waals surface area contributed by atoms with Gasteiger partial charge in [-0.3, -0.25) is 0 Å². The van der Waals surface area contributed by atoms with Gasteiger partial charge >= 0.3 is 5.97 Å². The Bertz CT molecular complexity index is 573. The molecule has 2 aromatic carbocycles. The van der Waals surface area contributed by atoms with Crippen molar-refractivity contribution in [2.24, 2.45) is 0 Å². The van der Waals surface area contributed by atoms with E-state index in [1.54, 1.807) is 18.2 Å². The van der Waals surface area contributed by atoms with Crippen LogP contribution >= 0.6 is 12.4 Å². The first-order valence-electron chi connectivity index (χ1n) is 5.85. The van der Waals surface area contributed by atoms with Gasteiger partial charge in [-0.2, -0.15) is 0 Å². The van der Waals surface area contributed by atoms with E-state index in [-0.39, 0.29) is 19.0 Å². The maximum absolute atomic E-state index is 11.9. The van der Waals surface area contributed by atoms with Crippen LogP contribution in [0.3, 0.4) is 0 Å². The molecule has 0 heterocycles. The van der Waals surface area contributed by atoms with Gasteiger partial charge in [0.05, 0.1) is 18.4 Å². The standard InChI is InChI=1S/C15H15NO3.ClH/c1-18-14-9-12(7-8-13(14)16)15(17)19-10-11-5-3-2-4-6-11;/h2-9H,10,16H2,1H3;1H. The highest BCUT2D eigenvalue weighted by Gasteiger charge is 2.10. The van der Waals surface area contributed by atoms with Crippen molar-refractivity contribution in [2.75, 3.05) is 12.8 Å². The molecule has 2 rings (SSSR count). The number of benzene rings is 2. The second-order valence-electron chi connectivity index (χ2n) is 4.02. The summed E-state index contributed by atoms with van der Waals surface area (Å²) < 4.78 is 10.3. The van der Waals surface area contributed by atoms with Crippen LogP contribution in [0.15, 0.2) is 48.5 Å². The van der Waals surface area contributed by atoms with Gasteiger partial charge in [0, 0.05) is 0 Å². The van der Waals surface area contributed by atoms with Gasteiger partial charge in [0.15, 0.2) is 0 Å². The lowest BCUT2D eigenvalue weighted by Crippen LogP contribution is -2.06. The molecule has 0 aromatic heterocycles. The summed E-state index contributed by atoms with van der Waals surface area (Å²) in [6.45, 7) is 0.242. The van der Waals surface area contributed by atoms with E-state index in [0.717, 1.165) is 5.56 Å². The minimum atomic E-state index is -0.401. The van der Waals surface area contributed by atoms with E-state index in [0.29, 0.717) is 17.0 Å². The van der Waals surface area contributed by atoms with Crippen molar-refractivity contribution >= 4 is 24.1 Å². The fourth-order valence-electron chi connectivity index (χ4n) is 1.64. The molecule has 0 radical (unpaired) electrons. The summed E-state index contributed by atoms with van der Waals surface area (Å²) in [5.74, 6) is 0.0660. The molecule has 0 spiro atoms. The van der Waals surface area contributed by atoms with E-state index >= 15 is 0 Å². The Morgan fingerprint density at radius 3 is 2.50 bits per heavy atom. The second-order valence-corrected chi connectivity index (χ2v) is 4.02.